The van der Waals surface area contributed by atoms with E-state index in [0.717, 1.165) is 16.6 Å². The number of amides is 2. The highest BCUT2D eigenvalue weighted by Crippen LogP contribution is 2.33. The third kappa shape index (κ3) is 5.41. The molecule has 0 radical (unpaired) electrons. The zero-order chi connectivity index (χ0) is 24.9. The SMILES string of the molecule is O=C(O)[C@@H]1CCC(N(CCC(c2ccccc2)c2ccccc2)C(=O)Nc2nc3ccccc3s2)C1. The number of carbonyl (C=O) groups is 2. The number of nitrogens with one attached hydrogen (secondary N) is 1. The molecule has 0 spiro atoms. The number of nitrogens with zero attached hydrogens (tertiary/aromatic N) is 2. The number of fused-ring (bicyclic) bond motifs is 1. The van der Waals surface area contributed by atoms with Crippen molar-refractivity contribution in [3.05, 3.63) is 96.1 Å². The Kier molecular flexibility index (Phi) is 7.28. The average molecular weight is 500 g/mol. The normalized spacial score (nSPS) is 17.4. The van der Waals surface area contributed by atoms with Gasteiger partial charge >= 0.3 is 12.0 Å². The molecule has 1 aliphatic rings. The molecule has 1 fully saturated rings. The van der Waals surface area contributed by atoms with Gasteiger partial charge in [-0.05, 0) is 48.9 Å². The molecule has 184 valence electrons. The van der Waals surface area contributed by atoms with E-state index in [0.29, 0.717) is 30.9 Å². The number of urea groups is 1. The number of benzene rings is 3. The molecule has 6 nitrogen and oxygen atoms in total. The summed E-state index contributed by atoms with van der Waals surface area (Å²) in [6.45, 7) is 0.516. The molecule has 2 atom stereocenters. The Morgan fingerprint density at radius 1 is 0.944 bits per heavy atom. The van der Waals surface area contributed by atoms with Crippen LogP contribution in [0.15, 0.2) is 84.9 Å². The van der Waals surface area contributed by atoms with E-state index in [1.54, 1.807) is 0 Å². The minimum Gasteiger partial charge on any atom is -0.481 e. The van der Waals surface area contributed by atoms with Gasteiger partial charge in [0.1, 0.15) is 0 Å². The molecule has 1 unspecified atom stereocenters. The molecule has 1 aromatic heterocycles. The van der Waals surface area contributed by atoms with Crippen LogP contribution in [0.3, 0.4) is 0 Å². The number of hydrogen-bond donors (Lipinski definition) is 2. The lowest BCUT2D eigenvalue weighted by atomic mass is 9.88. The maximum Gasteiger partial charge on any atom is 0.323 e. The van der Waals surface area contributed by atoms with Crippen molar-refractivity contribution in [2.75, 3.05) is 11.9 Å². The Hall–Kier alpha value is -3.71. The quantitative estimate of drug-likeness (QED) is 0.286. The van der Waals surface area contributed by atoms with E-state index in [1.807, 2.05) is 65.6 Å². The molecular formula is C29H29N3O3S. The first kappa shape index (κ1) is 24.0. The molecule has 1 heterocycles. The number of thiazole rings is 1. The number of carbonyl (C=O) groups excluding carboxylic acids is 1. The Labute approximate surface area is 214 Å². The minimum atomic E-state index is -0.782. The van der Waals surface area contributed by atoms with Crippen molar-refractivity contribution in [1.29, 1.82) is 0 Å². The highest BCUT2D eigenvalue weighted by Gasteiger charge is 2.36. The maximum atomic E-state index is 13.6. The monoisotopic (exact) mass is 499 g/mol. The van der Waals surface area contributed by atoms with Gasteiger partial charge in [0.2, 0.25) is 0 Å². The summed E-state index contributed by atoms with van der Waals surface area (Å²) in [5.74, 6) is -1.07. The van der Waals surface area contributed by atoms with Crippen molar-refractivity contribution in [2.24, 2.45) is 5.92 Å². The maximum absolute atomic E-state index is 13.6. The molecule has 1 saturated carbocycles. The topological polar surface area (TPSA) is 82.5 Å². The first-order valence-electron chi connectivity index (χ1n) is 12.3. The van der Waals surface area contributed by atoms with Crippen LogP contribution in [-0.4, -0.2) is 39.6 Å². The molecule has 0 saturated heterocycles. The average Bonchev–Trinajstić information content (AvgIpc) is 3.55. The van der Waals surface area contributed by atoms with E-state index in [9.17, 15) is 14.7 Å². The predicted octanol–water partition coefficient (Wildman–Crippen LogP) is 6.61. The molecule has 1 aliphatic carbocycles. The third-order valence-corrected chi connectivity index (χ3v) is 7.98. The van der Waals surface area contributed by atoms with Gasteiger partial charge in [-0.1, -0.05) is 84.1 Å². The van der Waals surface area contributed by atoms with E-state index in [1.165, 1.54) is 22.5 Å². The predicted molar refractivity (Wildman–Crippen MR) is 143 cm³/mol. The summed E-state index contributed by atoms with van der Waals surface area (Å²) in [7, 11) is 0. The van der Waals surface area contributed by atoms with Crippen LogP contribution in [0.1, 0.15) is 42.7 Å². The van der Waals surface area contributed by atoms with Crippen LogP contribution < -0.4 is 5.32 Å². The Balaban J connectivity index is 1.38. The number of aromatic nitrogens is 1. The lowest BCUT2D eigenvalue weighted by Gasteiger charge is -2.31. The molecule has 3 aromatic carbocycles. The van der Waals surface area contributed by atoms with Gasteiger partial charge in [-0.3, -0.25) is 10.1 Å². The molecule has 7 heteroatoms. The Morgan fingerprint density at radius 3 is 2.19 bits per heavy atom. The number of carboxylic acids is 1. The number of hydrogen-bond acceptors (Lipinski definition) is 4. The molecule has 36 heavy (non-hydrogen) atoms. The number of aliphatic carboxylic acids is 1. The van der Waals surface area contributed by atoms with Gasteiger partial charge in [0.15, 0.2) is 5.13 Å². The van der Waals surface area contributed by atoms with Crippen LogP contribution in [-0.2, 0) is 4.79 Å². The van der Waals surface area contributed by atoms with Gasteiger partial charge in [0.05, 0.1) is 16.1 Å². The largest absolute Gasteiger partial charge is 0.481 e. The van der Waals surface area contributed by atoms with Crippen molar-refractivity contribution in [3.8, 4) is 0 Å². The van der Waals surface area contributed by atoms with Crippen molar-refractivity contribution < 1.29 is 14.7 Å². The van der Waals surface area contributed by atoms with E-state index in [-0.39, 0.29) is 18.0 Å². The third-order valence-electron chi connectivity index (χ3n) is 7.03. The summed E-state index contributed by atoms with van der Waals surface area (Å²) in [6.07, 6.45) is 2.48. The fourth-order valence-electron chi connectivity index (χ4n) is 5.17. The van der Waals surface area contributed by atoms with Crippen LogP contribution in [0, 0.1) is 5.92 Å². The van der Waals surface area contributed by atoms with E-state index in [2.05, 4.69) is 34.6 Å². The standard InChI is InChI=1S/C29H29N3O3S/c33-27(34)22-15-16-23(19-22)32(29(35)31-28-30-25-13-7-8-14-26(25)36-28)18-17-24(20-9-3-1-4-10-20)21-11-5-2-6-12-21/h1-14,22-24H,15-19H2,(H,33,34)(H,30,31,35)/t22-,23?/m1/s1. The smallest absolute Gasteiger partial charge is 0.323 e. The van der Waals surface area contributed by atoms with Gasteiger partial charge < -0.3 is 10.0 Å². The van der Waals surface area contributed by atoms with Gasteiger partial charge in [0, 0.05) is 18.5 Å². The van der Waals surface area contributed by atoms with E-state index < -0.39 is 11.9 Å². The summed E-state index contributed by atoms with van der Waals surface area (Å²) in [5, 5.41) is 13.1. The van der Waals surface area contributed by atoms with Crippen molar-refractivity contribution >= 4 is 38.7 Å². The summed E-state index contributed by atoms with van der Waals surface area (Å²) in [5.41, 5.74) is 3.25. The second-order valence-corrected chi connectivity index (χ2v) is 10.3. The molecular weight excluding hydrogens is 470 g/mol. The number of rotatable bonds is 8. The zero-order valence-corrected chi connectivity index (χ0v) is 20.7. The van der Waals surface area contributed by atoms with Crippen molar-refractivity contribution in [3.63, 3.8) is 0 Å². The molecule has 2 N–H and O–H groups in total. The summed E-state index contributed by atoms with van der Waals surface area (Å²) < 4.78 is 1.01. The number of carboxylic acid groups (broad SMARTS) is 1. The molecule has 4 aromatic rings. The zero-order valence-electron chi connectivity index (χ0n) is 19.9. The second kappa shape index (κ2) is 10.9. The molecule has 5 rings (SSSR count). The molecule has 0 bridgehead atoms. The number of para-hydroxylation sites is 1. The van der Waals surface area contributed by atoms with Crippen LogP contribution in [0.5, 0.6) is 0 Å². The van der Waals surface area contributed by atoms with Crippen molar-refractivity contribution in [2.45, 2.75) is 37.6 Å². The first-order chi connectivity index (χ1) is 17.6. The number of anilines is 1. The van der Waals surface area contributed by atoms with Gasteiger partial charge in [-0.15, -0.1) is 0 Å². The van der Waals surface area contributed by atoms with Gasteiger partial charge in [-0.25, -0.2) is 9.78 Å². The van der Waals surface area contributed by atoms with Crippen LogP contribution in [0.25, 0.3) is 10.2 Å². The fourth-order valence-corrected chi connectivity index (χ4v) is 6.02. The summed E-state index contributed by atoms with van der Waals surface area (Å²) >= 11 is 1.45. The lowest BCUT2D eigenvalue weighted by Crippen LogP contribution is -2.43. The Morgan fingerprint density at radius 2 is 1.58 bits per heavy atom. The minimum absolute atomic E-state index is 0.118. The molecule has 0 aliphatic heterocycles. The Bertz CT molecular complexity index is 1250. The highest BCUT2D eigenvalue weighted by molar-refractivity contribution is 7.22. The summed E-state index contributed by atoms with van der Waals surface area (Å²) in [4.78, 5) is 31.6. The molecule has 2 amide bonds. The van der Waals surface area contributed by atoms with E-state index in [4.69, 9.17) is 0 Å². The lowest BCUT2D eigenvalue weighted by molar-refractivity contribution is -0.141. The van der Waals surface area contributed by atoms with Crippen LogP contribution in [0.2, 0.25) is 0 Å². The van der Waals surface area contributed by atoms with Gasteiger partial charge in [0.25, 0.3) is 0 Å². The summed E-state index contributed by atoms with van der Waals surface area (Å²) in [6, 6.07) is 28.1. The van der Waals surface area contributed by atoms with Crippen LogP contribution >= 0.6 is 11.3 Å². The van der Waals surface area contributed by atoms with Gasteiger partial charge in [-0.2, -0.15) is 0 Å². The first-order valence-corrected chi connectivity index (χ1v) is 13.2. The van der Waals surface area contributed by atoms with E-state index >= 15 is 0 Å². The van der Waals surface area contributed by atoms with Crippen molar-refractivity contribution in [1.82, 2.24) is 9.88 Å². The van der Waals surface area contributed by atoms with Crippen LogP contribution in [0.4, 0.5) is 9.93 Å². The highest BCUT2D eigenvalue weighted by atomic mass is 32.1. The second-order valence-electron chi connectivity index (χ2n) is 9.27. The fraction of sp³-hybridized carbons (Fsp3) is 0.276.